The van der Waals surface area contributed by atoms with E-state index in [2.05, 4.69) is 4.99 Å². The third kappa shape index (κ3) is 4.91. The van der Waals surface area contributed by atoms with E-state index in [1.807, 2.05) is 0 Å². The lowest BCUT2D eigenvalue weighted by Crippen LogP contribution is -2.41. The predicted molar refractivity (Wildman–Crippen MR) is 133 cm³/mol. The Labute approximate surface area is 218 Å². The Morgan fingerprint density at radius 1 is 1.08 bits per heavy atom. The molecule has 0 fully saturated rings. The topological polar surface area (TPSA) is 88.4 Å². The van der Waals surface area contributed by atoms with Crippen molar-refractivity contribution in [2.45, 2.75) is 19.1 Å². The van der Waals surface area contributed by atoms with E-state index in [9.17, 15) is 22.8 Å². The largest absolute Gasteiger partial charge is 0.493 e. The van der Waals surface area contributed by atoms with Gasteiger partial charge in [-0.3, -0.25) is 9.36 Å². The maximum Gasteiger partial charge on any atom is 0.434 e. The number of hydrogen-bond acceptors (Lipinski definition) is 8. The molecule has 2 aromatic carbocycles. The van der Waals surface area contributed by atoms with E-state index in [0.717, 1.165) is 15.9 Å². The first-order valence-electron chi connectivity index (χ1n) is 11.3. The molecule has 12 heteroatoms. The highest BCUT2D eigenvalue weighted by atomic mass is 32.1. The van der Waals surface area contributed by atoms with Gasteiger partial charge in [0, 0.05) is 0 Å². The summed E-state index contributed by atoms with van der Waals surface area (Å²) in [6.07, 6.45) is -3.49. The minimum atomic E-state index is -4.97. The Morgan fingerprint density at radius 3 is 2.24 bits per heavy atom. The average molecular weight is 549 g/mol. The van der Waals surface area contributed by atoms with Gasteiger partial charge in [-0.25, -0.2) is 9.79 Å². The minimum Gasteiger partial charge on any atom is -0.493 e. The molecule has 0 bridgehead atoms. The van der Waals surface area contributed by atoms with Gasteiger partial charge in [0.2, 0.25) is 5.75 Å². The highest BCUT2D eigenvalue weighted by molar-refractivity contribution is 7.07. The lowest BCUT2D eigenvalue weighted by molar-refractivity contribution is -0.140. The highest BCUT2D eigenvalue weighted by Crippen LogP contribution is 2.39. The first kappa shape index (κ1) is 27.0. The van der Waals surface area contributed by atoms with E-state index in [1.165, 1.54) is 34.3 Å². The van der Waals surface area contributed by atoms with Crippen molar-refractivity contribution >= 4 is 23.4 Å². The number of esters is 1. The molecule has 4 rings (SSSR count). The van der Waals surface area contributed by atoms with Crippen molar-refractivity contribution in [1.82, 2.24) is 4.57 Å². The average Bonchev–Trinajstić information content (AvgIpc) is 3.21. The minimum absolute atomic E-state index is 0.0885. The van der Waals surface area contributed by atoms with Gasteiger partial charge in [0.25, 0.3) is 5.56 Å². The van der Waals surface area contributed by atoms with Crippen LogP contribution in [0, 0.1) is 0 Å². The van der Waals surface area contributed by atoms with E-state index in [-0.39, 0.29) is 15.9 Å². The fourth-order valence-corrected chi connectivity index (χ4v) is 5.13. The van der Waals surface area contributed by atoms with Crippen LogP contribution in [0.1, 0.15) is 24.1 Å². The second kappa shape index (κ2) is 10.7. The zero-order chi connectivity index (χ0) is 27.6. The standard InChI is InChI=1S/C26H23F3N2O6S/c1-5-37-24(33)19-20(15-9-7-6-8-10-15)31-23(32)18(38-25(31)30-22(19)26(27,28)29)13-14-11-16(34-2)21(36-4)17(12-14)35-3/h6-13,20H,5H2,1-4H3. The molecule has 1 aromatic heterocycles. The molecule has 0 amide bonds. The Hall–Kier alpha value is -4.06. The van der Waals surface area contributed by atoms with Crippen LogP contribution < -0.4 is 29.1 Å². The number of carbonyl (C=O) groups excluding carboxylic acids is 1. The van der Waals surface area contributed by atoms with E-state index >= 15 is 0 Å². The second-order valence-electron chi connectivity index (χ2n) is 7.93. The molecule has 3 aromatic rings. The first-order valence-corrected chi connectivity index (χ1v) is 12.1. The van der Waals surface area contributed by atoms with E-state index in [0.29, 0.717) is 28.4 Å². The van der Waals surface area contributed by atoms with E-state index in [1.54, 1.807) is 42.5 Å². The van der Waals surface area contributed by atoms with Crippen molar-refractivity contribution in [3.05, 3.63) is 84.5 Å². The number of fused-ring (bicyclic) bond motifs is 1. The summed E-state index contributed by atoms with van der Waals surface area (Å²) in [4.78, 5) is 30.1. The molecule has 1 unspecified atom stereocenters. The first-order chi connectivity index (χ1) is 18.1. The number of aromatic nitrogens is 1. The summed E-state index contributed by atoms with van der Waals surface area (Å²) in [7, 11) is 4.32. The summed E-state index contributed by atoms with van der Waals surface area (Å²) in [6, 6.07) is 9.77. The number of benzene rings is 2. The molecule has 38 heavy (non-hydrogen) atoms. The Balaban J connectivity index is 2.03. The molecule has 8 nitrogen and oxygen atoms in total. The predicted octanol–water partition coefficient (Wildman–Crippen LogP) is 3.37. The van der Waals surface area contributed by atoms with Crippen LogP contribution in [0.5, 0.6) is 17.2 Å². The lowest BCUT2D eigenvalue weighted by atomic mass is 9.95. The monoisotopic (exact) mass is 548 g/mol. The number of alkyl halides is 3. The van der Waals surface area contributed by atoms with Gasteiger partial charge in [-0.1, -0.05) is 41.7 Å². The summed E-state index contributed by atoms with van der Waals surface area (Å²) < 4.78 is 64.7. The molecule has 1 atom stereocenters. The van der Waals surface area contributed by atoms with Gasteiger partial charge in [0.1, 0.15) is 0 Å². The quantitative estimate of drug-likeness (QED) is 0.421. The molecular formula is C26H23F3N2O6S. The molecule has 1 aliphatic rings. The van der Waals surface area contributed by atoms with Crippen molar-refractivity contribution in [2.75, 3.05) is 27.9 Å². The fraction of sp³-hybridized carbons (Fsp3) is 0.269. The third-order valence-corrected chi connectivity index (χ3v) is 6.68. The van der Waals surface area contributed by atoms with Crippen LogP contribution in [-0.2, 0) is 9.53 Å². The number of allylic oxidation sites excluding steroid dienone is 1. The van der Waals surface area contributed by atoms with Crippen LogP contribution >= 0.6 is 11.3 Å². The fourth-order valence-electron chi connectivity index (χ4n) is 4.13. The number of halogens is 3. The maximum absolute atomic E-state index is 14.2. The van der Waals surface area contributed by atoms with Crippen LogP contribution in [0.15, 0.2) is 63.5 Å². The second-order valence-corrected chi connectivity index (χ2v) is 8.94. The molecule has 0 saturated heterocycles. The normalized spacial score (nSPS) is 15.6. The number of carbonyl (C=O) groups is 1. The summed E-state index contributed by atoms with van der Waals surface area (Å²) in [6.45, 7) is 1.33. The van der Waals surface area contributed by atoms with Gasteiger partial charge in [-0.2, -0.15) is 13.2 Å². The highest BCUT2D eigenvalue weighted by Gasteiger charge is 2.45. The number of ether oxygens (including phenoxy) is 4. The zero-order valence-electron chi connectivity index (χ0n) is 20.8. The molecular weight excluding hydrogens is 525 g/mol. The Bertz CT molecular complexity index is 1550. The molecule has 0 saturated carbocycles. The summed E-state index contributed by atoms with van der Waals surface area (Å²) in [5, 5.41) is 0. The van der Waals surface area contributed by atoms with Gasteiger partial charge >= 0.3 is 12.1 Å². The molecule has 0 spiro atoms. The smallest absolute Gasteiger partial charge is 0.434 e. The Kier molecular flexibility index (Phi) is 7.63. The van der Waals surface area contributed by atoms with Crippen molar-refractivity contribution in [3.63, 3.8) is 0 Å². The third-order valence-electron chi connectivity index (χ3n) is 5.70. The lowest BCUT2D eigenvalue weighted by Gasteiger charge is -2.26. The van der Waals surface area contributed by atoms with Crippen molar-refractivity contribution < 1.29 is 36.9 Å². The molecule has 2 heterocycles. The van der Waals surface area contributed by atoms with Crippen molar-refractivity contribution in [1.29, 1.82) is 0 Å². The molecule has 0 radical (unpaired) electrons. The van der Waals surface area contributed by atoms with E-state index < -0.39 is 35.0 Å². The molecule has 200 valence electrons. The molecule has 0 aliphatic carbocycles. The van der Waals surface area contributed by atoms with Crippen LogP contribution in [0.4, 0.5) is 13.2 Å². The maximum atomic E-state index is 14.2. The van der Waals surface area contributed by atoms with E-state index in [4.69, 9.17) is 18.9 Å². The van der Waals surface area contributed by atoms with Gasteiger partial charge < -0.3 is 18.9 Å². The summed E-state index contributed by atoms with van der Waals surface area (Å²) in [5.41, 5.74) is -2.00. The molecule has 1 aliphatic heterocycles. The van der Waals surface area contributed by atoms with Gasteiger partial charge in [0.05, 0.1) is 44.1 Å². The zero-order valence-corrected chi connectivity index (χ0v) is 21.6. The Morgan fingerprint density at radius 2 is 1.71 bits per heavy atom. The van der Waals surface area contributed by atoms with Gasteiger partial charge in [0.15, 0.2) is 22.0 Å². The molecule has 0 N–H and O–H groups in total. The summed E-state index contributed by atoms with van der Waals surface area (Å²) in [5.74, 6) is -0.197. The van der Waals surface area contributed by atoms with Crippen molar-refractivity contribution in [2.24, 2.45) is 4.99 Å². The SMILES string of the molecule is CCOC(=O)C1=C(C(F)(F)F)N=c2sc(=Cc3cc(OC)c(OC)c(OC)c3)c(=O)n2C1c1ccccc1. The van der Waals surface area contributed by atoms with Gasteiger partial charge in [-0.15, -0.1) is 0 Å². The van der Waals surface area contributed by atoms with Crippen molar-refractivity contribution in [3.8, 4) is 17.2 Å². The summed E-state index contributed by atoms with van der Waals surface area (Å²) >= 11 is 0.768. The van der Waals surface area contributed by atoms with Crippen LogP contribution in [0.3, 0.4) is 0 Å². The number of methoxy groups -OCH3 is 3. The van der Waals surface area contributed by atoms with Crippen LogP contribution in [0.2, 0.25) is 0 Å². The van der Waals surface area contributed by atoms with Crippen LogP contribution in [-0.4, -0.2) is 44.6 Å². The van der Waals surface area contributed by atoms with Gasteiger partial charge in [-0.05, 0) is 36.3 Å². The number of rotatable bonds is 7. The number of nitrogens with zero attached hydrogens (tertiary/aromatic N) is 2. The van der Waals surface area contributed by atoms with Crippen LogP contribution in [0.25, 0.3) is 6.08 Å². The number of thiazole rings is 1. The number of hydrogen-bond donors (Lipinski definition) is 0.